The molecule has 0 saturated carbocycles. The number of rotatable bonds is 6. The molecule has 2 amide bonds. The highest BCUT2D eigenvalue weighted by Crippen LogP contribution is 2.45. The Morgan fingerprint density at radius 1 is 1.16 bits per heavy atom. The van der Waals surface area contributed by atoms with E-state index in [0.29, 0.717) is 11.4 Å². The van der Waals surface area contributed by atoms with E-state index in [-0.39, 0.29) is 35.6 Å². The third-order valence-electron chi connectivity index (χ3n) is 6.33. The van der Waals surface area contributed by atoms with Crippen molar-refractivity contribution in [2.45, 2.75) is 25.3 Å². The maximum atomic E-state index is 15.3. The maximum absolute atomic E-state index is 15.3. The zero-order valence-corrected chi connectivity index (χ0v) is 21.0. The van der Waals surface area contributed by atoms with Crippen LogP contribution in [0.2, 0.25) is 0 Å². The molecule has 1 atom stereocenters. The Morgan fingerprint density at radius 2 is 1.87 bits per heavy atom. The summed E-state index contributed by atoms with van der Waals surface area (Å²) < 4.78 is 36.4. The van der Waals surface area contributed by atoms with E-state index in [1.807, 2.05) is 12.0 Å². The number of para-hydroxylation sites is 2. The van der Waals surface area contributed by atoms with Gasteiger partial charge in [0.2, 0.25) is 5.91 Å². The molecular weight excluding hydrogens is 492 g/mol. The predicted molar refractivity (Wildman–Crippen MR) is 141 cm³/mol. The summed E-state index contributed by atoms with van der Waals surface area (Å²) in [4.78, 5) is 39.1. The number of carbonyl (C=O) groups is 2. The van der Waals surface area contributed by atoms with Gasteiger partial charge in [0.05, 0.1) is 18.2 Å². The first-order chi connectivity index (χ1) is 18.3. The monoisotopic (exact) mass is 519 g/mol. The molecule has 0 saturated heterocycles. The number of likely N-dealkylation sites (N-methyl/N-ethyl adjacent to an activating group) is 1. The normalized spacial score (nSPS) is 19.4. The lowest BCUT2D eigenvalue weighted by atomic mass is 9.93. The number of benzene rings is 2. The molecule has 1 heterocycles. The molecule has 2 N–H and O–H groups in total. The first kappa shape index (κ1) is 26.6. The Morgan fingerprint density at radius 3 is 2.55 bits per heavy atom. The van der Waals surface area contributed by atoms with Gasteiger partial charge in [-0.25, -0.2) is 13.6 Å². The molecular formula is C29H27F2N3O4. The quantitative estimate of drug-likeness (QED) is 0.439. The lowest BCUT2D eigenvalue weighted by Crippen LogP contribution is -2.40. The van der Waals surface area contributed by atoms with Crippen LogP contribution in [-0.4, -0.2) is 49.9 Å². The number of anilines is 2. The Hall–Kier alpha value is -4.49. The molecule has 7 nitrogen and oxygen atoms in total. The number of halogens is 2. The van der Waals surface area contributed by atoms with Crippen LogP contribution in [0.5, 0.6) is 0 Å². The van der Waals surface area contributed by atoms with Crippen LogP contribution < -0.4 is 15.5 Å². The van der Waals surface area contributed by atoms with Crippen LogP contribution in [0.4, 0.5) is 20.2 Å². The summed E-state index contributed by atoms with van der Waals surface area (Å²) in [6.45, 7) is 1.74. The van der Waals surface area contributed by atoms with Crippen LogP contribution in [0, 0.1) is 0 Å². The second-order valence-electron chi connectivity index (χ2n) is 8.65. The number of nitrogens with one attached hydrogen (secondary N) is 2. The van der Waals surface area contributed by atoms with E-state index in [0.717, 1.165) is 6.08 Å². The van der Waals surface area contributed by atoms with E-state index in [1.165, 1.54) is 19.2 Å². The van der Waals surface area contributed by atoms with Gasteiger partial charge in [0.15, 0.2) is 0 Å². The van der Waals surface area contributed by atoms with Crippen LogP contribution in [0.25, 0.3) is 5.57 Å². The molecule has 0 fully saturated rings. The van der Waals surface area contributed by atoms with Crippen LogP contribution >= 0.6 is 0 Å². The summed E-state index contributed by atoms with van der Waals surface area (Å²) in [6.07, 6.45) is 3.44. The molecule has 1 aliphatic heterocycles. The van der Waals surface area contributed by atoms with E-state index >= 15 is 8.78 Å². The summed E-state index contributed by atoms with van der Waals surface area (Å²) in [6, 6.07) is 14.5. The third kappa shape index (κ3) is 5.28. The van der Waals surface area contributed by atoms with Gasteiger partial charge in [-0.3, -0.25) is 9.59 Å². The van der Waals surface area contributed by atoms with Gasteiger partial charge in [-0.1, -0.05) is 42.5 Å². The van der Waals surface area contributed by atoms with Crippen molar-refractivity contribution in [1.29, 1.82) is 0 Å². The Bertz CT molecular complexity index is 1380. The van der Waals surface area contributed by atoms with Crippen LogP contribution in [0.3, 0.4) is 0 Å². The minimum absolute atomic E-state index is 0.0180. The van der Waals surface area contributed by atoms with E-state index in [2.05, 4.69) is 10.6 Å². The first-order valence-corrected chi connectivity index (χ1v) is 12.2. The number of amides is 2. The van der Waals surface area contributed by atoms with E-state index in [4.69, 9.17) is 4.74 Å². The molecule has 0 aromatic heterocycles. The summed E-state index contributed by atoms with van der Waals surface area (Å²) in [7, 11) is 1.37. The Balaban J connectivity index is 1.77. The molecule has 2 aromatic rings. The van der Waals surface area contributed by atoms with Gasteiger partial charge in [0, 0.05) is 48.6 Å². The number of ether oxygens (including phenoxy) is 1. The minimum Gasteiger partial charge on any atom is -0.492 e. The largest absolute Gasteiger partial charge is 0.492 e. The van der Waals surface area contributed by atoms with Crippen LogP contribution in [0.15, 0.2) is 89.7 Å². The molecule has 0 bridgehead atoms. The zero-order valence-electron chi connectivity index (χ0n) is 21.0. The van der Waals surface area contributed by atoms with Gasteiger partial charge in [-0.2, -0.15) is 0 Å². The van der Waals surface area contributed by atoms with Crippen LogP contribution in [0.1, 0.15) is 18.9 Å². The van der Waals surface area contributed by atoms with Gasteiger partial charge >= 0.3 is 0 Å². The molecule has 196 valence electrons. The lowest BCUT2D eigenvalue weighted by Gasteiger charge is -2.34. The molecule has 1 aliphatic carbocycles. The minimum atomic E-state index is -3.31. The number of allylic oxidation sites excluding steroid dienone is 1. The molecule has 2 aromatic carbocycles. The van der Waals surface area contributed by atoms with E-state index in [1.54, 1.807) is 60.4 Å². The van der Waals surface area contributed by atoms with Gasteiger partial charge in [0.25, 0.3) is 11.8 Å². The fourth-order valence-corrected chi connectivity index (χ4v) is 4.54. The smallest absolute Gasteiger partial charge is 0.275 e. The average Bonchev–Trinajstić information content (AvgIpc) is 3.02. The molecule has 4 rings (SSSR count). The number of hydrogen-bond acceptors (Lipinski definition) is 5. The highest BCUT2D eigenvalue weighted by Gasteiger charge is 2.42. The number of nitrogens with zero attached hydrogens (tertiary/aromatic N) is 1. The van der Waals surface area contributed by atoms with Gasteiger partial charge in [-0.05, 0) is 31.2 Å². The van der Waals surface area contributed by atoms with Gasteiger partial charge in [-0.15, -0.1) is 0 Å². The molecule has 0 radical (unpaired) electrons. The SMILES string of the molecule is CCOC1=C(C(=O)Nc2ccccc2)C=CC(N2CCC(F)(F)C(=CC(=O)NC)c3ccccc32)C1=C=O. The van der Waals surface area contributed by atoms with Crippen molar-refractivity contribution >= 4 is 34.7 Å². The topological polar surface area (TPSA) is 87.7 Å². The van der Waals surface area contributed by atoms with Crippen molar-refractivity contribution in [3.63, 3.8) is 0 Å². The first-order valence-electron chi connectivity index (χ1n) is 12.2. The molecule has 0 spiro atoms. The van der Waals surface area contributed by atoms with Crippen molar-refractivity contribution in [3.05, 3.63) is 95.3 Å². The third-order valence-corrected chi connectivity index (χ3v) is 6.33. The van der Waals surface area contributed by atoms with Crippen molar-refractivity contribution < 1.29 is 27.9 Å². The Kier molecular flexibility index (Phi) is 7.88. The van der Waals surface area contributed by atoms with E-state index < -0.39 is 35.8 Å². The molecule has 1 unspecified atom stereocenters. The summed E-state index contributed by atoms with van der Waals surface area (Å²) in [5, 5.41) is 5.13. The average molecular weight is 520 g/mol. The zero-order chi connectivity index (χ0) is 27.3. The molecule has 38 heavy (non-hydrogen) atoms. The number of carbonyl (C=O) groups excluding carboxylic acids is 3. The fraction of sp³-hybridized carbons (Fsp3) is 0.241. The lowest BCUT2D eigenvalue weighted by molar-refractivity contribution is -0.116. The summed E-state index contributed by atoms with van der Waals surface area (Å²) in [5.74, 6) is -2.50. The number of hydrogen-bond donors (Lipinski definition) is 2. The van der Waals surface area contributed by atoms with E-state index in [9.17, 15) is 14.4 Å². The van der Waals surface area contributed by atoms with Crippen LogP contribution in [-0.2, 0) is 19.1 Å². The van der Waals surface area contributed by atoms with Crippen molar-refractivity contribution in [3.8, 4) is 0 Å². The van der Waals surface area contributed by atoms with Gasteiger partial charge < -0.3 is 20.3 Å². The second kappa shape index (κ2) is 11.3. The van der Waals surface area contributed by atoms with Crippen molar-refractivity contribution in [2.24, 2.45) is 0 Å². The fourth-order valence-electron chi connectivity index (χ4n) is 4.54. The Labute approximate surface area is 219 Å². The predicted octanol–water partition coefficient (Wildman–Crippen LogP) is 4.29. The number of alkyl halides is 2. The second-order valence-corrected chi connectivity index (χ2v) is 8.65. The van der Waals surface area contributed by atoms with Crippen molar-refractivity contribution in [2.75, 3.05) is 30.4 Å². The summed E-state index contributed by atoms with van der Waals surface area (Å²) >= 11 is 0. The van der Waals surface area contributed by atoms with Gasteiger partial charge in [0.1, 0.15) is 17.3 Å². The highest BCUT2D eigenvalue weighted by atomic mass is 19.3. The molecule has 9 heteroatoms. The molecule has 2 aliphatic rings. The standard InChI is InChI=1S/C29H27F2N3O4/c1-3-38-27-21(28(37)33-19-9-5-4-6-10-19)13-14-25(22(27)18-35)34-16-15-29(30,31)23(17-26(36)32-2)20-11-7-8-12-24(20)34/h4-14,17,25H,3,15-16H2,1-2H3,(H,32,36)(H,33,37). The summed E-state index contributed by atoms with van der Waals surface area (Å²) in [5.41, 5.74) is 0.882. The highest BCUT2D eigenvalue weighted by molar-refractivity contribution is 6.07. The maximum Gasteiger partial charge on any atom is 0.275 e. The van der Waals surface area contributed by atoms with Crippen molar-refractivity contribution in [1.82, 2.24) is 5.32 Å². The number of fused-ring (bicyclic) bond motifs is 1.